The number of amides is 1. The van der Waals surface area contributed by atoms with Crippen molar-refractivity contribution in [3.05, 3.63) is 35.4 Å². The molecule has 0 aromatic heterocycles. The van der Waals surface area contributed by atoms with E-state index in [0.717, 1.165) is 5.56 Å². The molecule has 1 aromatic carbocycles. The van der Waals surface area contributed by atoms with Crippen LogP contribution < -0.4 is 0 Å². The predicted octanol–water partition coefficient (Wildman–Crippen LogP) is 0.460. The number of nitrogens with zero attached hydrogens (tertiary/aromatic N) is 2. The molecule has 1 aliphatic carbocycles. The van der Waals surface area contributed by atoms with E-state index in [2.05, 4.69) is 0 Å². The van der Waals surface area contributed by atoms with Gasteiger partial charge in [0.15, 0.2) is 5.78 Å². The summed E-state index contributed by atoms with van der Waals surface area (Å²) in [5, 5.41) is 0. The molecule has 22 heavy (non-hydrogen) atoms. The molecule has 1 amide bonds. The minimum Gasteiger partial charge on any atom is -0.340 e. The van der Waals surface area contributed by atoms with Gasteiger partial charge < -0.3 is 4.90 Å². The number of fused-ring (bicyclic) bond motifs is 1. The molecule has 3 rings (SSSR count). The number of rotatable bonds is 2. The summed E-state index contributed by atoms with van der Waals surface area (Å²) >= 11 is 0. The van der Waals surface area contributed by atoms with Gasteiger partial charge >= 0.3 is 0 Å². The van der Waals surface area contributed by atoms with Gasteiger partial charge in [-0.05, 0) is 5.56 Å². The van der Waals surface area contributed by atoms with Crippen molar-refractivity contribution in [2.45, 2.75) is 12.3 Å². The monoisotopic (exact) mass is 322 g/mol. The molecule has 1 fully saturated rings. The third-order valence-corrected chi connectivity index (χ3v) is 5.65. The number of hydrogen-bond donors (Lipinski definition) is 0. The molecule has 0 saturated carbocycles. The third kappa shape index (κ3) is 2.66. The molecule has 118 valence electrons. The number of carbonyl (C=O) groups is 2. The maximum Gasteiger partial charge on any atom is 0.230 e. The average Bonchev–Trinajstić information content (AvgIpc) is 2.83. The van der Waals surface area contributed by atoms with Crippen molar-refractivity contribution < 1.29 is 18.0 Å². The molecule has 1 aliphatic heterocycles. The fraction of sp³-hybridized carbons (Fsp3) is 0.467. The first-order chi connectivity index (χ1) is 10.4. The van der Waals surface area contributed by atoms with Crippen LogP contribution in [0.15, 0.2) is 24.3 Å². The minimum atomic E-state index is -3.21. The number of sulfonamides is 1. The Balaban J connectivity index is 1.73. The number of hydrogen-bond acceptors (Lipinski definition) is 4. The van der Waals surface area contributed by atoms with E-state index in [9.17, 15) is 18.0 Å². The molecule has 2 aliphatic rings. The van der Waals surface area contributed by atoms with E-state index in [-0.39, 0.29) is 18.1 Å². The zero-order chi connectivity index (χ0) is 15.9. The number of benzene rings is 1. The molecule has 1 atom stereocenters. The molecular formula is C15H18N2O4S. The van der Waals surface area contributed by atoms with Gasteiger partial charge in [0.25, 0.3) is 0 Å². The summed E-state index contributed by atoms with van der Waals surface area (Å²) in [5.74, 6) is -0.497. The van der Waals surface area contributed by atoms with Gasteiger partial charge in [-0.1, -0.05) is 24.3 Å². The van der Waals surface area contributed by atoms with E-state index >= 15 is 0 Å². The second kappa shape index (κ2) is 5.48. The second-order valence-electron chi connectivity index (χ2n) is 5.75. The molecule has 1 saturated heterocycles. The molecule has 0 N–H and O–H groups in total. The fourth-order valence-corrected chi connectivity index (χ4v) is 3.97. The molecule has 1 aromatic rings. The Kier molecular flexibility index (Phi) is 3.78. The van der Waals surface area contributed by atoms with Gasteiger partial charge in [0.2, 0.25) is 15.9 Å². The Bertz CT molecular complexity index is 721. The highest BCUT2D eigenvalue weighted by Gasteiger charge is 2.37. The first-order valence-electron chi connectivity index (χ1n) is 7.24. The largest absolute Gasteiger partial charge is 0.340 e. The van der Waals surface area contributed by atoms with Crippen molar-refractivity contribution >= 4 is 21.7 Å². The summed E-state index contributed by atoms with van der Waals surface area (Å²) < 4.78 is 24.4. The highest BCUT2D eigenvalue weighted by molar-refractivity contribution is 7.88. The molecule has 0 spiro atoms. The SMILES string of the molecule is CS(=O)(=O)N1CCN(C(=O)C2CC(=O)c3ccccc32)CC1. The summed E-state index contributed by atoms with van der Waals surface area (Å²) in [4.78, 5) is 26.3. The van der Waals surface area contributed by atoms with Crippen molar-refractivity contribution in [2.24, 2.45) is 0 Å². The van der Waals surface area contributed by atoms with Gasteiger partial charge in [0.1, 0.15) is 0 Å². The van der Waals surface area contributed by atoms with Crippen LogP contribution in [-0.2, 0) is 14.8 Å². The number of Topliss-reactive ketones (excluding diaryl/α,β-unsaturated/α-hetero) is 1. The van der Waals surface area contributed by atoms with Gasteiger partial charge in [-0.2, -0.15) is 4.31 Å². The maximum atomic E-state index is 12.7. The highest BCUT2D eigenvalue weighted by Crippen LogP contribution is 2.34. The topological polar surface area (TPSA) is 74.8 Å². The molecule has 6 nitrogen and oxygen atoms in total. The molecular weight excluding hydrogens is 304 g/mol. The van der Waals surface area contributed by atoms with Crippen LogP contribution in [0.25, 0.3) is 0 Å². The molecule has 1 heterocycles. The van der Waals surface area contributed by atoms with Crippen molar-refractivity contribution in [3.63, 3.8) is 0 Å². The van der Waals surface area contributed by atoms with Crippen LogP contribution in [0, 0.1) is 0 Å². The number of ketones is 1. The normalized spacial score (nSPS) is 22.7. The zero-order valence-corrected chi connectivity index (χ0v) is 13.2. The Morgan fingerprint density at radius 2 is 1.77 bits per heavy atom. The summed E-state index contributed by atoms with van der Waals surface area (Å²) in [6.07, 6.45) is 1.39. The number of carbonyl (C=O) groups excluding carboxylic acids is 2. The summed E-state index contributed by atoms with van der Waals surface area (Å²) in [6, 6.07) is 7.22. The van der Waals surface area contributed by atoms with E-state index in [0.29, 0.717) is 31.7 Å². The van der Waals surface area contributed by atoms with Crippen molar-refractivity contribution in [1.82, 2.24) is 9.21 Å². The second-order valence-corrected chi connectivity index (χ2v) is 7.74. The van der Waals surface area contributed by atoms with Crippen molar-refractivity contribution in [2.75, 3.05) is 32.4 Å². The molecule has 0 radical (unpaired) electrons. The van der Waals surface area contributed by atoms with Gasteiger partial charge in [0, 0.05) is 38.2 Å². The molecule has 0 bridgehead atoms. The van der Waals surface area contributed by atoms with Crippen LogP contribution in [0.1, 0.15) is 28.3 Å². The van der Waals surface area contributed by atoms with Crippen molar-refractivity contribution in [1.29, 1.82) is 0 Å². The van der Waals surface area contributed by atoms with E-state index in [1.165, 1.54) is 10.6 Å². The van der Waals surface area contributed by atoms with Gasteiger partial charge in [0.05, 0.1) is 12.2 Å². The standard InChI is InChI=1S/C15H18N2O4S/c1-22(20,21)17-8-6-16(7-9-17)15(19)13-10-14(18)12-5-3-2-4-11(12)13/h2-5,13H,6-10H2,1H3. The summed E-state index contributed by atoms with van der Waals surface area (Å²) in [7, 11) is -3.21. The Labute approximate surface area is 129 Å². The van der Waals surface area contributed by atoms with E-state index in [1.54, 1.807) is 17.0 Å². The van der Waals surface area contributed by atoms with Gasteiger partial charge in [-0.25, -0.2) is 8.42 Å². The lowest BCUT2D eigenvalue weighted by Gasteiger charge is -2.34. The van der Waals surface area contributed by atoms with Crippen molar-refractivity contribution in [3.8, 4) is 0 Å². The fourth-order valence-electron chi connectivity index (χ4n) is 3.14. The maximum absolute atomic E-state index is 12.7. The van der Waals surface area contributed by atoms with Crippen LogP contribution in [0.5, 0.6) is 0 Å². The van der Waals surface area contributed by atoms with Crippen LogP contribution >= 0.6 is 0 Å². The Hall–Kier alpha value is -1.73. The van der Waals surface area contributed by atoms with E-state index in [1.807, 2.05) is 12.1 Å². The van der Waals surface area contributed by atoms with Crippen LogP contribution in [0.2, 0.25) is 0 Å². The summed E-state index contributed by atoms with van der Waals surface area (Å²) in [5.41, 5.74) is 1.43. The third-order valence-electron chi connectivity index (χ3n) is 4.34. The van der Waals surface area contributed by atoms with Gasteiger partial charge in [-0.3, -0.25) is 9.59 Å². The molecule has 7 heteroatoms. The lowest BCUT2D eigenvalue weighted by atomic mass is 9.99. The Morgan fingerprint density at radius 3 is 2.41 bits per heavy atom. The highest BCUT2D eigenvalue weighted by atomic mass is 32.2. The smallest absolute Gasteiger partial charge is 0.230 e. The van der Waals surface area contributed by atoms with E-state index in [4.69, 9.17) is 0 Å². The molecule has 1 unspecified atom stereocenters. The lowest BCUT2D eigenvalue weighted by molar-refractivity contribution is -0.133. The van der Waals surface area contributed by atoms with Gasteiger partial charge in [-0.15, -0.1) is 0 Å². The zero-order valence-electron chi connectivity index (χ0n) is 12.4. The summed E-state index contributed by atoms with van der Waals surface area (Å²) in [6.45, 7) is 1.37. The number of piperazine rings is 1. The Morgan fingerprint density at radius 1 is 1.14 bits per heavy atom. The minimum absolute atomic E-state index is 0.00345. The first-order valence-corrected chi connectivity index (χ1v) is 9.09. The quantitative estimate of drug-likeness (QED) is 0.793. The van der Waals surface area contributed by atoms with Crippen LogP contribution in [-0.4, -0.2) is 61.7 Å². The predicted molar refractivity (Wildman–Crippen MR) is 81.1 cm³/mol. The van der Waals surface area contributed by atoms with Crippen LogP contribution in [0.3, 0.4) is 0 Å². The lowest BCUT2D eigenvalue weighted by Crippen LogP contribution is -2.51. The van der Waals surface area contributed by atoms with Crippen LogP contribution in [0.4, 0.5) is 0 Å². The average molecular weight is 322 g/mol. The first kappa shape index (κ1) is 15.2. The van der Waals surface area contributed by atoms with E-state index < -0.39 is 15.9 Å².